The zero-order chi connectivity index (χ0) is 21.9. The highest BCUT2D eigenvalue weighted by atomic mass is 32.2. The lowest BCUT2D eigenvalue weighted by Gasteiger charge is -2.21. The minimum absolute atomic E-state index is 0.00184. The van der Waals surface area contributed by atoms with Crippen molar-refractivity contribution in [1.82, 2.24) is 4.90 Å². The normalized spacial score (nSPS) is 14.9. The molecular weight excluding hydrogens is 424 g/mol. The van der Waals surface area contributed by atoms with Crippen LogP contribution in [0, 0.1) is 0 Å². The summed E-state index contributed by atoms with van der Waals surface area (Å²) in [4.78, 5) is 13.9. The second-order valence-corrected chi connectivity index (χ2v) is 10.7. The molecule has 2 aromatic rings. The lowest BCUT2D eigenvalue weighted by Crippen LogP contribution is -2.22. The zero-order valence-corrected chi connectivity index (χ0v) is 18.7. The summed E-state index contributed by atoms with van der Waals surface area (Å²) in [5, 5.41) is 9.77. The van der Waals surface area contributed by atoms with E-state index in [9.17, 15) is 22.5 Å². The van der Waals surface area contributed by atoms with Gasteiger partial charge in [-0.2, -0.15) is 0 Å². The van der Waals surface area contributed by atoms with Gasteiger partial charge in [0.15, 0.2) is 0 Å². The molecule has 30 heavy (non-hydrogen) atoms. The van der Waals surface area contributed by atoms with Crippen LogP contribution in [-0.2, 0) is 33.7 Å². The quantitative estimate of drug-likeness (QED) is 0.641. The maximum Gasteiger partial charge on any atom is 0.338 e. The fraction of sp³-hybridized carbons (Fsp3) is 0.381. The molecule has 9 heteroatoms. The molecule has 2 N–H and O–H groups in total. The molecule has 0 radical (unpaired) electrons. The molecule has 0 bridgehead atoms. The summed E-state index contributed by atoms with van der Waals surface area (Å²) >= 11 is 0. The third-order valence-electron chi connectivity index (χ3n) is 5.10. The molecule has 0 saturated heterocycles. The van der Waals surface area contributed by atoms with Crippen LogP contribution in [-0.4, -0.2) is 55.0 Å². The van der Waals surface area contributed by atoms with Gasteiger partial charge in [-0.05, 0) is 69.1 Å². The van der Waals surface area contributed by atoms with E-state index in [0.29, 0.717) is 24.3 Å². The molecule has 162 valence electrons. The fourth-order valence-corrected chi connectivity index (χ4v) is 6.63. The van der Waals surface area contributed by atoms with Gasteiger partial charge in [-0.1, -0.05) is 18.2 Å². The summed E-state index contributed by atoms with van der Waals surface area (Å²) < 4.78 is 41.5. The summed E-state index contributed by atoms with van der Waals surface area (Å²) in [5.74, 6) is -0.868. The van der Waals surface area contributed by atoms with Crippen molar-refractivity contribution in [2.75, 3.05) is 31.1 Å². The molecule has 1 atom stereocenters. The first-order valence-electron chi connectivity index (χ1n) is 9.73. The zero-order valence-electron chi connectivity index (χ0n) is 17.1. The third-order valence-corrected chi connectivity index (χ3v) is 8.05. The third kappa shape index (κ3) is 4.91. The molecule has 1 aliphatic rings. The highest BCUT2D eigenvalue weighted by Crippen LogP contribution is 2.32. The molecule has 0 spiro atoms. The van der Waals surface area contributed by atoms with Crippen molar-refractivity contribution in [3.63, 3.8) is 0 Å². The van der Waals surface area contributed by atoms with Crippen LogP contribution < -0.4 is 4.72 Å². The Bertz CT molecular complexity index is 1080. The van der Waals surface area contributed by atoms with Crippen LogP contribution in [0.4, 0.5) is 5.69 Å². The molecule has 3 rings (SSSR count). The molecule has 1 unspecified atom stereocenters. The first-order chi connectivity index (χ1) is 14.2. The fourth-order valence-electron chi connectivity index (χ4n) is 3.59. The lowest BCUT2D eigenvalue weighted by atomic mass is 9.87. The minimum Gasteiger partial charge on any atom is -0.478 e. The van der Waals surface area contributed by atoms with Crippen molar-refractivity contribution >= 4 is 32.5 Å². The number of aryl methyl sites for hydroxylation is 1. The van der Waals surface area contributed by atoms with Crippen LogP contribution >= 0.6 is 0 Å². The van der Waals surface area contributed by atoms with Gasteiger partial charge < -0.3 is 10.0 Å². The largest absolute Gasteiger partial charge is 0.478 e. The monoisotopic (exact) mass is 450 g/mol. The molecule has 0 aliphatic heterocycles. The Morgan fingerprint density at radius 1 is 1.13 bits per heavy atom. The lowest BCUT2D eigenvalue weighted by molar-refractivity contribution is 0.0696. The summed E-state index contributed by atoms with van der Waals surface area (Å²) in [5.41, 5.74) is 1.68. The first kappa shape index (κ1) is 22.5. The number of benzene rings is 2. The van der Waals surface area contributed by atoms with E-state index in [1.165, 1.54) is 18.2 Å². The Hall–Kier alpha value is -2.23. The summed E-state index contributed by atoms with van der Waals surface area (Å²) in [6.07, 6.45) is 3.26. The topological polar surface area (TPSA) is 104 Å². The van der Waals surface area contributed by atoms with Gasteiger partial charge in [-0.25, -0.2) is 13.2 Å². The average Bonchev–Trinajstić information content (AvgIpc) is 2.71. The molecule has 0 heterocycles. The Balaban J connectivity index is 1.99. The van der Waals surface area contributed by atoms with E-state index < -0.39 is 26.8 Å². The second kappa shape index (κ2) is 9.28. The standard InChI is InChI=1S/C21H26N2O5S2/c1-23(2)13-14-29(26)18-9-5-6-10-19(18)30(27,28)22-17-12-11-15-7-3-4-8-16(15)20(17)21(24)25/h5-6,9-12,22H,3-4,7-8,13-14H2,1-2H3,(H,24,25). The number of carbonyl (C=O) groups is 1. The number of hydrogen-bond acceptors (Lipinski definition) is 5. The summed E-state index contributed by atoms with van der Waals surface area (Å²) in [6.45, 7) is 0.544. The van der Waals surface area contributed by atoms with Gasteiger partial charge in [0.1, 0.15) is 4.90 Å². The highest BCUT2D eigenvalue weighted by molar-refractivity contribution is 7.93. The predicted molar refractivity (Wildman–Crippen MR) is 117 cm³/mol. The van der Waals surface area contributed by atoms with Crippen molar-refractivity contribution in [2.45, 2.75) is 35.5 Å². The smallest absolute Gasteiger partial charge is 0.338 e. The van der Waals surface area contributed by atoms with Crippen LogP contribution in [0.15, 0.2) is 46.2 Å². The number of carboxylic acids is 1. The molecular formula is C21H26N2O5S2. The summed E-state index contributed by atoms with van der Waals surface area (Å²) in [6, 6.07) is 9.43. The molecule has 1 aliphatic carbocycles. The van der Waals surface area contributed by atoms with Gasteiger partial charge in [0.05, 0.1) is 26.9 Å². The van der Waals surface area contributed by atoms with Crippen molar-refractivity contribution in [1.29, 1.82) is 0 Å². The predicted octanol–water partition coefficient (Wildman–Crippen LogP) is 2.73. The second-order valence-electron chi connectivity index (χ2n) is 7.54. The Morgan fingerprint density at radius 3 is 2.53 bits per heavy atom. The van der Waals surface area contributed by atoms with Gasteiger partial charge in [0, 0.05) is 12.3 Å². The maximum atomic E-state index is 13.2. The van der Waals surface area contributed by atoms with Gasteiger partial charge in [-0.15, -0.1) is 0 Å². The van der Waals surface area contributed by atoms with Gasteiger partial charge in [0.25, 0.3) is 10.0 Å². The van der Waals surface area contributed by atoms with Crippen LogP contribution in [0.5, 0.6) is 0 Å². The van der Waals surface area contributed by atoms with Crippen molar-refractivity contribution in [3.8, 4) is 0 Å². The molecule has 0 fully saturated rings. The van der Waals surface area contributed by atoms with Crippen LogP contribution in [0.1, 0.15) is 34.3 Å². The Morgan fingerprint density at radius 2 is 1.83 bits per heavy atom. The van der Waals surface area contributed by atoms with E-state index in [1.807, 2.05) is 19.0 Å². The maximum absolute atomic E-state index is 13.2. The number of anilines is 1. The molecule has 7 nitrogen and oxygen atoms in total. The summed E-state index contributed by atoms with van der Waals surface area (Å²) in [7, 11) is -1.94. The van der Waals surface area contributed by atoms with Crippen LogP contribution in [0.3, 0.4) is 0 Å². The first-order valence-corrected chi connectivity index (χ1v) is 12.5. The number of sulfonamides is 1. The van der Waals surface area contributed by atoms with E-state index >= 15 is 0 Å². The minimum atomic E-state index is -4.13. The van der Waals surface area contributed by atoms with Crippen LogP contribution in [0.25, 0.3) is 0 Å². The number of nitrogens with zero attached hydrogens (tertiary/aromatic N) is 1. The number of carboxylic acid groups (broad SMARTS) is 1. The highest BCUT2D eigenvalue weighted by Gasteiger charge is 2.26. The van der Waals surface area contributed by atoms with E-state index in [-0.39, 0.29) is 21.0 Å². The van der Waals surface area contributed by atoms with Gasteiger partial charge in [-0.3, -0.25) is 8.93 Å². The number of nitrogens with one attached hydrogen (secondary N) is 1. The number of fused-ring (bicyclic) bond motifs is 1. The Labute approximate surface area is 179 Å². The SMILES string of the molecule is CN(C)CCS(=O)c1ccccc1S(=O)(=O)Nc1ccc2c(c1C(=O)O)CCCC2. The number of aromatic carboxylic acids is 1. The molecule has 0 saturated carbocycles. The van der Waals surface area contributed by atoms with Crippen molar-refractivity contribution < 1.29 is 22.5 Å². The van der Waals surface area contributed by atoms with E-state index in [4.69, 9.17) is 0 Å². The number of hydrogen-bond donors (Lipinski definition) is 2. The number of rotatable bonds is 8. The van der Waals surface area contributed by atoms with E-state index in [1.54, 1.807) is 18.2 Å². The Kier molecular flexibility index (Phi) is 6.95. The van der Waals surface area contributed by atoms with Crippen LogP contribution in [0.2, 0.25) is 0 Å². The van der Waals surface area contributed by atoms with E-state index in [0.717, 1.165) is 24.8 Å². The van der Waals surface area contributed by atoms with Crippen molar-refractivity contribution in [3.05, 3.63) is 53.1 Å². The molecule has 0 amide bonds. The average molecular weight is 451 g/mol. The van der Waals surface area contributed by atoms with Gasteiger partial charge in [0.2, 0.25) is 0 Å². The van der Waals surface area contributed by atoms with E-state index in [2.05, 4.69) is 4.72 Å². The molecule has 2 aromatic carbocycles. The van der Waals surface area contributed by atoms with Crippen molar-refractivity contribution in [2.24, 2.45) is 0 Å². The van der Waals surface area contributed by atoms with Gasteiger partial charge >= 0.3 is 5.97 Å². The molecule has 0 aromatic heterocycles.